The molecule has 1 unspecified atom stereocenters. The van der Waals surface area contributed by atoms with Crippen molar-refractivity contribution >= 4 is 13.4 Å². The molecule has 0 aromatic rings. The first-order valence-corrected chi connectivity index (χ1v) is 8.01. The zero-order chi connectivity index (χ0) is 10.9. The fourth-order valence-corrected chi connectivity index (χ4v) is 2.58. The van der Waals surface area contributed by atoms with Crippen molar-refractivity contribution in [3.8, 4) is 0 Å². The first-order valence-electron chi connectivity index (χ1n) is 4.51. The van der Waals surface area contributed by atoms with Gasteiger partial charge in [-0.2, -0.15) is 4.79 Å². The summed E-state index contributed by atoms with van der Waals surface area (Å²) < 4.78 is 0. The van der Waals surface area contributed by atoms with E-state index in [0.717, 1.165) is 0 Å². The minimum atomic E-state index is -1.71. The van der Waals surface area contributed by atoms with Gasteiger partial charge in [0.1, 0.15) is 6.10 Å². The van der Waals surface area contributed by atoms with Crippen LogP contribution in [0.25, 0.3) is 5.53 Å². The van der Waals surface area contributed by atoms with E-state index in [0.29, 0.717) is 5.33 Å². The van der Waals surface area contributed by atoms with Gasteiger partial charge in [-0.25, -0.2) is 0 Å². The quantitative estimate of drug-likeness (QED) is 0.315. The Morgan fingerprint density at radius 3 is 1.77 bits per heavy atom. The Bertz CT molecular complexity index is 231. The van der Waals surface area contributed by atoms with Crippen LogP contribution in [-0.2, 0) is 0 Å². The van der Waals surface area contributed by atoms with Gasteiger partial charge >= 0.3 is 0 Å². The third kappa shape index (κ3) is 3.42. The molecule has 0 aliphatic rings. The van der Waals surface area contributed by atoms with Crippen molar-refractivity contribution in [3.05, 3.63) is 5.53 Å². The van der Waals surface area contributed by atoms with E-state index in [-0.39, 0.29) is 5.41 Å². The molecule has 0 rings (SSSR count). The molecule has 0 aromatic heterocycles. The SMILES string of the molecule is CC(C)(C)C(O)C(=[N+]=[N-])[Si](C)(C)C. The maximum Gasteiger partial charge on any atom is 0.264 e. The van der Waals surface area contributed by atoms with E-state index >= 15 is 0 Å². The largest absolute Gasteiger partial charge is 0.381 e. The van der Waals surface area contributed by atoms with Crippen molar-refractivity contribution < 1.29 is 9.90 Å². The summed E-state index contributed by atoms with van der Waals surface area (Å²) in [6.07, 6.45) is -0.649. The molecule has 0 spiro atoms. The molecule has 0 fully saturated rings. The van der Waals surface area contributed by atoms with Gasteiger partial charge in [0.2, 0.25) is 0 Å². The van der Waals surface area contributed by atoms with E-state index in [1.54, 1.807) is 0 Å². The van der Waals surface area contributed by atoms with E-state index in [1.807, 2.05) is 20.8 Å². The number of aliphatic hydroxyl groups is 1. The molecular formula is C9H20N2OSi. The van der Waals surface area contributed by atoms with Crippen molar-refractivity contribution in [1.29, 1.82) is 0 Å². The molecule has 1 atom stereocenters. The summed E-state index contributed by atoms with van der Waals surface area (Å²) in [6, 6.07) is 0. The first-order chi connectivity index (χ1) is 5.60. The molecule has 0 amide bonds. The van der Waals surface area contributed by atoms with Gasteiger partial charge in [0, 0.05) is 0 Å². The minimum absolute atomic E-state index is 0.262. The minimum Gasteiger partial charge on any atom is -0.381 e. The fourth-order valence-electron chi connectivity index (χ4n) is 1.02. The van der Waals surface area contributed by atoms with E-state index in [4.69, 9.17) is 5.53 Å². The molecule has 4 heteroatoms. The highest BCUT2D eigenvalue weighted by Gasteiger charge is 2.41. The molecular weight excluding hydrogens is 180 g/mol. The Balaban J connectivity index is 4.96. The van der Waals surface area contributed by atoms with Crippen molar-refractivity contribution in [2.75, 3.05) is 0 Å². The van der Waals surface area contributed by atoms with Crippen LogP contribution in [0.5, 0.6) is 0 Å². The van der Waals surface area contributed by atoms with Crippen LogP contribution in [-0.4, -0.2) is 29.4 Å². The second-order valence-electron chi connectivity index (χ2n) is 5.50. The van der Waals surface area contributed by atoms with E-state index < -0.39 is 14.2 Å². The summed E-state index contributed by atoms with van der Waals surface area (Å²) in [5, 5.41) is 10.5. The van der Waals surface area contributed by atoms with Gasteiger partial charge in [0.15, 0.2) is 8.07 Å². The van der Waals surface area contributed by atoms with Crippen molar-refractivity contribution in [2.24, 2.45) is 5.41 Å². The van der Waals surface area contributed by atoms with Crippen LogP contribution in [0.1, 0.15) is 20.8 Å². The lowest BCUT2D eigenvalue weighted by Gasteiger charge is -2.26. The topological polar surface area (TPSA) is 56.6 Å². The average Bonchev–Trinajstić information content (AvgIpc) is 1.83. The molecule has 0 saturated carbocycles. The van der Waals surface area contributed by atoms with Gasteiger partial charge in [-0.15, -0.1) is 0 Å². The van der Waals surface area contributed by atoms with E-state index in [2.05, 4.69) is 24.4 Å². The molecule has 0 heterocycles. The molecule has 0 radical (unpaired) electrons. The number of hydrogen-bond acceptors (Lipinski definition) is 1. The number of aliphatic hydroxyl groups excluding tert-OH is 1. The fraction of sp³-hybridized carbons (Fsp3) is 0.889. The molecule has 76 valence electrons. The number of nitrogens with zero attached hydrogens (tertiary/aromatic N) is 2. The Labute approximate surface area is 81.4 Å². The summed E-state index contributed by atoms with van der Waals surface area (Å²) >= 11 is 0. The lowest BCUT2D eigenvalue weighted by molar-refractivity contribution is -0.0271. The Kier molecular flexibility index (Phi) is 3.61. The molecule has 0 saturated heterocycles. The molecule has 0 aliphatic carbocycles. The normalized spacial score (nSPS) is 15.0. The van der Waals surface area contributed by atoms with Crippen molar-refractivity contribution in [1.82, 2.24) is 0 Å². The smallest absolute Gasteiger partial charge is 0.264 e. The maximum absolute atomic E-state index is 9.93. The van der Waals surface area contributed by atoms with Crippen LogP contribution in [0.4, 0.5) is 0 Å². The van der Waals surface area contributed by atoms with Gasteiger partial charge < -0.3 is 10.6 Å². The van der Waals surface area contributed by atoms with Crippen LogP contribution in [0.2, 0.25) is 19.6 Å². The monoisotopic (exact) mass is 200 g/mol. The van der Waals surface area contributed by atoms with Crippen molar-refractivity contribution in [3.63, 3.8) is 0 Å². The molecule has 3 nitrogen and oxygen atoms in total. The first kappa shape index (κ1) is 12.6. The van der Waals surface area contributed by atoms with Crippen LogP contribution >= 0.6 is 0 Å². The molecule has 0 aromatic carbocycles. The average molecular weight is 200 g/mol. The summed E-state index contributed by atoms with van der Waals surface area (Å²) in [4.78, 5) is 3.25. The lowest BCUT2D eigenvalue weighted by Crippen LogP contribution is -2.48. The maximum atomic E-state index is 9.93. The van der Waals surface area contributed by atoms with Crippen LogP contribution in [0, 0.1) is 5.41 Å². The predicted octanol–water partition coefficient (Wildman–Crippen LogP) is 1.94. The van der Waals surface area contributed by atoms with Gasteiger partial charge in [0.05, 0.1) is 0 Å². The third-order valence-electron chi connectivity index (χ3n) is 1.96. The molecule has 13 heavy (non-hydrogen) atoms. The standard InChI is InChI=1S/C9H20N2OSi/c1-9(2,3)7(12)8(11-10)13(4,5)6/h7,12H,1-6H3. The Hall–Kier alpha value is -0.443. The Morgan fingerprint density at radius 1 is 1.31 bits per heavy atom. The van der Waals surface area contributed by atoms with E-state index in [1.165, 1.54) is 0 Å². The van der Waals surface area contributed by atoms with E-state index in [9.17, 15) is 5.11 Å². The zero-order valence-corrected chi connectivity index (χ0v) is 10.4. The lowest BCUT2D eigenvalue weighted by atomic mass is 9.90. The third-order valence-corrected chi connectivity index (χ3v) is 3.87. The summed E-state index contributed by atoms with van der Waals surface area (Å²) in [5.74, 6) is 0. The van der Waals surface area contributed by atoms with Gasteiger partial charge in [0.25, 0.3) is 5.33 Å². The molecule has 0 aliphatic heterocycles. The highest BCUT2D eigenvalue weighted by atomic mass is 28.3. The van der Waals surface area contributed by atoms with Gasteiger partial charge in [-0.1, -0.05) is 40.4 Å². The van der Waals surface area contributed by atoms with Crippen LogP contribution < -0.4 is 0 Å². The number of rotatable bonds is 2. The van der Waals surface area contributed by atoms with Gasteiger partial charge in [-0.3, -0.25) is 0 Å². The number of hydrogen-bond donors (Lipinski definition) is 1. The summed E-state index contributed by atoms with van der Waals surface area (Å²) in [5.41, 5.74) is 8.60. The predicted molar refractivity (Wildman–Crippen MR) is 57.4 cm³/mol. The van der Waals surface area contributed by atoms with Crippen molar-refractivity contribution in [2.45, 2.75) is 46.5 Å². The molecule has 0 bridgehead atoms. The highest BCUT2D eigenvalue weighted by Crippen LogP contribution is 2.22. The Morgan fingerprint density at radius 2 is 1.69 bits per heavy atom. The summed E-state index contributed by atoms with van der Waals surface area (Å²) in [7, 11) is -1.71. The van der Waals surface area contributed by atoms with Crippen LogP contribution in [0.15, 0.2) is 0 Å². The highest BCUT2D eigenvalue weighted by molar-refractivity contribution is 7.04. The molecule has 1 N–H and O–H groups in total. The van der Waals surface area contributed by atoms with Gasteiger partial charge in [-0.05, 0) is 5.41 Å². The zero-order valence-electron chi connectivity index (χ0n) is 9.42. The second-order valence-corrected chi connectivity index (χ2v) is 10.5. The second kappa shape index (κ2) is 3.74. The summed E-state index contributed by atoms with van der Waals surface area (Å²) in [6.45, 7) is 12.0. The van der Waals surface area contributed by atoms with Crippen LogP contribution in [0.3, 0.4) is 0 Å².